The SMILES string of the molecule is Cc1cccc(C2(C)C(C=CC#N)CCC[P@]2c2c(C(N)=O)[nH]c3ccc(Cl)cc23)c1. The molecule has 0 saturated carbocycles. The molecule has 1 saturated heterocycles. The van der Waals surface area contributed by atoms with Crippen LogP contribution < -0.4 is 11.0 Å². The number of aryl methyl sites for hydroxylation is 1. The molecular weight excluding hydrogens is 425 g/mol. The van der Waals surface area contributed by atoms with E-state index in [-0.39, 0.29) is 11.1 Å². The molecule has 6 heteroatoms. The Morgan fingerprint density at radius 3 is 2.87 bits per heavy atom. The highest BCUT2D eigenvalue weighted by Crippen LogP contribution is 2.64. The van der Waals surface area contributed by atoms with Gasteiger partial charge in [-0.1, -0.05) is 62.4 Å². The van der Waals surface area contributed by atoms with Gasteiger partial charge in [0.15, 0.2) is 0 Å². The first-order chi connectivity index (χ1) is 14.9. The van der Waals surface area contributed by atoms with Crippen LogP contribution in [0.3, 0.4) is 0 Å². The van der Waals surface area contributed by atoms with Gasteiger partial charge in [-0.25, -0.2) is 0 Å². The van der Waals surface area contributed by atoms with Gasteiger partial charge in [-0.05, 0) is 55.6 Å². The predicted molar refractivity (Wildman–Crippen MR) is 129 cm³/mol. The van der Waals surface area contributed by atoms with Gasteiger partial charge in [0.2, 0.25) is 0 Å². The molecule has 1 amide bonds. The number of allylic oxidation sites excluding steroid dienone is 2. The fourth-order valence-corrected chi connectivity index (χ4v) is 8.71. The number of H-pyrrole nitrogens is 1. The van der Waals surface area contributed by atoms with Crippen LogP contribution in [-0.2, 0) is 5.16 Å². The van der Waals surface area contributed by atoms with E-state index in [1.54, 1.807) is 6.08 Å². The van der Waals surface area contributed by atoms with E-state index in [0.717, 1.165) is 35.2 Å². The van der Waals surface area contributed by atoms with E-state index in [9.17, 15) is 10.1 Å². The molecule has 3 N–H and O–H groups in total. The summed E-state index contributed by atoms with van der Waals surface area (Å²) < 4.78 is 0. The monoisotopic (exact) mass is 449 g/mol. The van der Waals surface area contributed by atoms with Crippen molar-refractivity contribution in [1.82, 2.24) is 4.98 Å². The Kier molecular flexibility index (Phi) is 5.93. The van der Waals surface area contributed by atoms with Crippen LogP contribution in [0.4, 0.5) is 0 Å². The van der Waals surface area contributed by atoms with Gasteiger partial charge in [0.25, 0.3) is 5.91 Å². The summed E-state index contributed by atoms with van der Waals surface area (Å²) in [6.45, 7) is 4.38. The highest BCUT2D eigenvalue weighted by Gasteiger charge is 2.46. The largest absolute Gasteiger partial charge is 0.364 e. The van der Waals surface area contributed by atoms with Crippen LogP contribution in [0.15, 0.2) is 54.6 Å². The number of hydrogen-bond donors (Lipinski definition) is 2. The number of hydrogen-bond acceptors (Lipinski definition) is 2. The topological polar surface area (TPSA) is 82.7 Å². The lowest BCUT2D eigenvalue weighted by atomic mass is 9.82. The zero-order valence-corrected chi connectivity index (χ0v) is 19.3. The summed E-state index contributed by atoms with van der Waals surface area (Å²) in [6, 6.07) is 16.4. The first kappa shape index (κ1) is 21.6. The lowest BCUT2D eigenvalue weighted by molar-refractivity contribution is 0.0997. The van der Waals surface area contributed by atoms with Crippen LogP contribution in [0.1, 0.15) is 41.4 Å². The van der Waals surface area contributed by atoms with Crippen LogP contribution in [0, 0.1) is 24.2 Å². The van der Waals surface area contributed by atoms with E-state index in [1.807, 2.05) is 24.3 Å². The molecule has 0 radical (unpaired) electrons. The highest BCUT2D eigenvalue weighted by atomic mass is 35.5. The number of primary amides is 1. The lowest BCUT2D eigenvalue weighted by Crippen LogP contribution is -2.38. The van der Waals surface area contributed by atoms with Crippen molar-refractivity contribution >= 4 is 41.6 Å². The number of nitrogens with two attached hydrogens (primary N) is 1. The van der Waals surface area contributed by atoms with E-state index in [2.05, 4.69) is 49.2 Å². The first-order valence-corrected chi connectivity index (χ1v) is 12.3. The summed E-state index contributed by atoms with van der Waals surface area (Å²) in [5, 5.41) is 11.6. The number of halogens is 1. The predicted octanol–water partition coefficient (Wildman–Crippen LogP) is 5.74. The Balaban J connectivity index is 2.01. The number of fused-ring (bicyclic) bond motifs is 1. The molecule has 3 aromatic rings. The van der Waals surface area contributed by atoms with Gasteiger partial charge >= 0.3 is 0 Å². The van der Waals surface area contributed by atoms with Gasteiger partial charge in [0, 0.05) is 32.5 Å². The molecule has 2 aromatic carbocycles. The molecule has 4 rings (SSSR count). The minimum atomic E-state index is -0.837. The van der Waals surface area contributed by atoms with Gasteiger partial charge in [-0.15, -0.1) is 0 Å². The second-order valence-corrected chi connectivity index (χ2v) is 11.4. The fourth-order valence-electron chi connectivity index (χ4n) is 4.91. The summed E-state index contributed by atoms with van der Waals surface area (Å²) >= 11 is 6.35. The molecule has 158 valence electrons. The first-order valence-electron chi connectivity index (χ1n) is 10.4. The Bertz CT molecular complexity index is 1230. The maximum Gasteiger partial charge on any atom is 0.265 e. The molecule has 0 bridgehead atoms. The standard InChI is InChI=1S/C25H25ClN3OP/c1-16-6-3-7-18(14-16)25(2)17(8-4-12-27)9-5-13-31(25)23-20-15-19(26)10-11-21(20)29-22(23)24(28)30/h3-4,6-8,10-11,14-15,17,29H,5,9,13H2,1-2H3,(H2,28,30)/t17?,25?,31-/m1/s1. The Hall–Kier alpha value is -2.60. The molecule has 4 nitrogen and oxygen atoms in total. The van der Waals surface area contributed by atoms with Crippen molar-refractivity contribution in [2.24, 2.45) is 11.7 Å². The molecule has 1 fully saturated rings. The number of nitrogens with one attached hydrogen (secondary N) is 1. The number of aromatic nitrogens is 1. The van der Waals surface area contributed by atoms with Gasteiger partial charge in [0.05, 0.1) is 6.07 Å². The van der Waals surface area contributed by atoms with E-state index >= 15 is 0 Å². The lowest BCUT2D eigenvalue weighted by Gasteiger charge is -2.48. The van der Waals surface area contributed by atoms with Crippen molar-refractivity contribution in [2.75, 3.05) is 6.16 Å². The van der Waals surface area contributed by atoms with Crippen LogP contribution in [0.2, 0.25) is 5.02 Å². The van der Waals surface area contributed by atoms with Crippen LogP contribution in [-0.4, -0.2) is 17.1 Å². The number of nitrogens with zero attached hydrogens (tertiary/aromatic N) is 1. The summed E-state index contributed by atoms with van der Waals surface area (Å²) in [4.78, 5) is 15.7. The fraction of sp³-hybridized carbons (Fsp3) is 0.280. The van der Waals surface area contributed by atoms with Crippen molar-refractivity contribution < 1.29 is 4.79 Å². The third-order valence-electron chi connectivity index (χ3n) is 6.43. The molecule has 1 aliphatic rings. The van der Waals surface area contributed by atoms with Gasteiger partial charge < -0.3 is 10.7 Å². The summed E-state index contributed by atoms with van der Waals surface area (Å²) in [6.07, 6.45) is 6.65. The van der Waals surface area contributed by atoms with Gasteiger partial charge in [0.1, 0.15) is 5.69 Å². The molecule has 0 aliphatic carbocycles. The zero-order valence-electron chi connectivity index (χ0n) is 17.7. The van der Waals surface area contributed by atoms with E-state index in [4.69, 9.17) is 17.3 Å². The molecule has 31 heavy (non-hydrogen) atoms. The number of amides is 1. The average Bonchev–Trinajstić information content (AvgIpc) is 3.11. The zero-order chi connectivity index (χ0) is 22.2. The smallest absolute Gasteiger partial charge is 0.265 e. The molecule has 3 atom stereocenters. The summed E-state index contributed by atoms with van der Waals surface area (Å²) in [5.41, 5.74) is 9.62. The Morgan fingerprint density at radius 2 is 2.16 bits per heavy atom. The molecule has 1 aromatic heterocycles. The van der Waals surface area contributed by atoms with Crippen molar-refractivity contribution in [3.05, 3.63) is 76.5 Å². The Morgan fingerprint density at radius 1 is 1.35 bits per heavy atom. The van der Waals surface area contributed by atoms with E-state index in [0.29, 0.717) is 10.7 Å². The quantitative estimate of drug-likeness (QED) is 0.393. The number of carbonyl (C=O) groups is 1. The number of benzene rings is 2. The molecule has 2 unspecified atom stereocenters. The third-order valence-corrected chi connectivity index (χ3v) is 10.1. The average molecular weight is 450 g/mol. The van der Waals surface area contributed by atoms with Crippen molar-refractivity contribution in [2.45, 2.75) is 31.8 Å². The highest BCUT2D eigenvalue weighted by molar-refractivity contribution is 7.67. The summed E-state index contributed by atoms with van der Waals surface area (Å²) in [7, 11) is -0.837. The number of aromatic amines is 1. The van der Waals surface area contributed by atoms with Crippen molar-refractivity contribution in [3.8, 4) is 6.07 Å². The second-order valence-electron chi connectivity index (χ2n) is 8.31. The van der Waals surface area contributed by atoms with Gasteiger partial charge in [-0.3, -0.25) is 4.79 Å². The number of nitriles is 1. The third kappa shape index (κ3) is 3.78. The van der Waals surface area contributed by atoms with Crippen molar-refractivity contribution in [1.29, 1.82) is 5.26 Å². The normalized spacial score (nSPS) is 23.8. The minimum absolute atomic E-state index is 0.179. The maximum absolute atomic E-state index is 12.5. The van der Waals surface area contributed by atoms with E-state index in [1.165, 1.54) is 11.1 Å². The molecule has 2 heterocycles. The molecule has 1 aliphatic heterocycles. The second kappa shape index (κ2) is 8.50. The Labute approximate surface area is 188 Å². The molecule has 0 spiro atoms. The summed E-state index contributed by atoms with van der Waals surface area (Å²) in [5.74, 6) is -0.273. The van der Waals surface area contributed by atoms with Crippen LogP contribution in [0.25, 0.3) is 10.9 Å². The van der Waals surface area contributed by atoms with Crippen LogP contribution in [0.5, 0.6) is 0 Å². The van der Waals surface area contributed by atoms with E-state index < -0.39 is 13.8 Å². The van der Waals surface area contributed by atoms with Gasteiger partial charge in [-0.2, -0.15) is 5.26 Å². The molecular formula is C25H25ClN3OP. The van der Waals surface area contributed by atoms with Crippen molar-refractivity contribution in [3.63, 3.8) is 0 Å². The number of carbonyl (C=O) groups excluding carboxylic acids is 1. The minimum Gasteiger partial charge on any atom is -0.364 e. The maximum atomic E-state index is 12.5. The number of rotatable bonds is 4. The van der Waals surface area contributed by atoms with Crippen LogP contribution >= 0.6 is 19.5 Å².